The van der Waals surface area contributed by atoms with Gasteiger partial charge in [0, 0.05) is 6.04 Å². The van der Waals surface area contributed by atoms with E-state index in [2.05, 4.69) is 5.32 Å². The van der Waals surface area contributed by atoms with Gasteiger partial charge in [0.25, 0.3) is 0 Å². The van der Waals surface area contributed by atoms with Crippen molar-refractivity contribution in [2.75, 3.05) is 6.54 Å². The molecule has 5 N–H and O–H groups in total. The summed E-state index contributed by atoms with van der Waals surface area (Å²) in [6, 6.07) is 8.66. The zero-order valence-electron chi connectivity index (χ0n) is 11.5. The number of benzene rings is 1. The molecular weight excluding hydrogens is 260 g/mol. The molecule has 110 valence electrons. The number of hydrogen-bond acceptors (Lipinski definition) is 4. The number of carbonyl (C=O) groups excluding carboxylic acids is 1. The van der Waals surface area contributed by atoms with Crippen molar-refractivity contribution in [1.29, 1.82) is 0 Å². The molecule has 6 nitrogen and oxygen atoms in total. The number of rotatable bonds is 6. The highest BCUT2D eigenvalue weighted by Gasteiger charge is 2.31. The van der Waals surface area contributed by atoms with E-state index in [1.165, 1.54) is 0 Å². The molecule has 1 amide bonds. The van der Waals surface area contributed by atoms with Crippen molar-refractivity contribution in [2.45, 2.75) is 25.5 Å². The Morgan fingerprint density at radius 3 is 2.40 bits per heavy atom. The fourth-order valence-electron chi connectivity index (χ4n) is 1.62. The maximum absolute atomic E-state index is 11.9. The third kappa shape index (κ3) is 4.04. The molecular formula is C14H20N2O4. The Morgan fingerprint density at radius 1 is 1.35 bits per heavy atom. The SMILES string of the molecule is CC(C(=O)NCC(C)(O)C(=O)O)C(N)c1ccccc1. The first-order chi connectivity index (χ1) is 9.25. The maximum Gasteiger partial charge on any atom is 0.337 e. The predicted molar refractivity (Wildman–Crippen MR) is 73.8 cm³/mol. The molecule has 0 fully saturated rings. The number of hydrogen-bond donors (Lipinski definition) is 4. The number of carboxylic acids is 1. The number of aliphatic hydroxyl groups is 1. The average molecular weight is 280 g/mol. The molecule has 0 saturated carbocycles. The molecule has 3 atom stereocenters. The van der Waals surface area contributed by atoms with Crippen molar-refractivity contribution in [3.63, 3.8) is 0 Å². The molecule has 0 aliphatic carbocycles. The minimum absolute atomic E-state index is 0.368. The van der Waals surface area contributed by atoms with Gasteiger partial charge in [-0.25, -0.2) is 4.79 Å². The van der Waals surface area contributed by atoms with E-state index < -0.39 is 29.4 Å². The summed E-state index contributed by atoms with van der Waals surface area (Å²) in [5.74, 6) is -2.33. The number of nitrogens with one attached hydrogen (secondary N) is 1. The van der Waals surface area contributed by atoms with E-state index in [9.17, 15) is 14.7 Å². The molecule has 0 heterocycles. The fourth-order valence-corrected chi connectivity index (χ4v) is 1.62. The molecule has 0 aliphatic heterocycles. The molecule has 3 unspecified atom stereocenters. The summed E-state index contributed by atoms with van der Waals surface area (Å²) in [5.41, 5.74) is 4.82. The summed E-state index contributed by atoms with van der Waals surface area (Å²) in [5, 5.41) is 20.7. The van der Waals surface area contributed by atoms with Crippen LogP contribution < -0.4 is 11.1 Å². The number of carboxylic acid groups (broad SMARTS) is 1. The second-order valence-electron chi connectivity index (χ2n) is 5.02. The van der Waals surface area contributed by atoms with E-state index in [4.69, 9.17) is 10.8 Å². The molecule has 1 aromatic rings. The third-order valence-electron chi connectivity index (χ3n) is 3.20. The topological polar surface area (TPSA) is 113 Å². The zero-order chi connectivity index (χ0) is 15.3. The van der Waals surface area contributed by atoms with Crippen molar-refractivity contribution < 1.29 is 19.8 Å². The summed E-state index contributed by atoms with van der Waals surface area (Å²) in [6.07, 6.45) is 0. The van der Waals surface area contributed by atoms with Gasteiger partial charge >= 0.3 is 5.97 Å². The molecule has 0 bridgehead atoms. The highest BCUT2D eigenvalue weighted by atomic mass is 16.4. The van der Waals surface area contributed by atoms with Crippen LogP contribution in [0.1, 0.15) is 25.5 Å². The van der Waals surface area contributed by atoms with Crippen LogP contribution in [0.5, 0.6) is 0 Å². The van der Waals surface area contributed by atoms with E-state index in [0.29, 0.717) is 0 Å². The van der Waals surface area contributed by atoms with Crippen molar-refractivity contribution in [1.82, 2.24) is 5.32 Å². The lowest BCUT2D eigenvalue weighted by Crippen LogP contribution is -2.48. The number of nitrogens with two attached hydrogens (primary N) is 1. The lowest BCUT2D eigenvalue weighted by Gasteiger charge is -2.23. The second-order valence-corrected chi connectivity index (χ2v) is 5.02. The van der Waals surface area contributed by atoms with Crippen LogP contribution in [0, 0.1) is 5.92 Å². The minimum atomic E-state index is -1.99. The maximum atomic E-state index is 11.9. The molecule has 20 heavy (non-hydrogen) atoms. The lowest BCUT2D eigenvalue weighted by molar-refractivity contribution is -0.156. The van der Waals surface area contributed by atoms with Gasteiger partial charge in [-0.15, -0.1) is 0 Å². The van der Waals surface area contributed by atoms with Crippen LogP contribution in [0.3, 0.4) is 0 Å². The third-order valence-corrected chi connectivity index (χ3v) is 3.20. The summed E-state index contributed by atoms with van der Waals surface area (Å²) >= 11 is 0. The van der Waals surface area contributed by atoms with E-state index in [1.807, 2.05) is 30.3 Å². The standard InChI is InChI=1S/C14H20N2O4/c1-9(11(15)10-6-4-3-5-7-10)12(17)16-8-14(2,20)13(18)19/h3-7,9,11,20H,8,15H2,1-2H3,(H,16,17)(H,18,19). The predicted octanol–water partition coefficient (Wildman–Crippen LogP) is 0.274. The highest BCUT2D eigenvalue weighted by molar-refractivity contribution is 5.81. The average Bonchev–Trinajstić information content (AvgIpc) is 2.44. The summed E-state index contributed by atoms with van der Waals surface area (Å²) in [7, 11) is 0. The van der Waals surface area contributed by atoms with Crippen LogP contribution >= 0.6 is 0 Å². The van der Waals surface area contributed by atoms with Gasteiger partial charge in [-0.05, 0) is 12.5 Å². The second kappa shape index (κ2) is 6.49. The quantitative estimate of drug-likeness (QED) is 0.597. The highest BCUT2D eigenvalue weighted by Crippen LogP contribution is 2.19. The summed E-state index contributed by atoms with van der Waals surface area (Å²) in [6.45, 7) is 2.41. The minimum Gasteiger partial charge on any atom is -0.479 e. The van der Waals surface area contributed by atoms with Gasteiger partial charge in [0.2, 0.25) is 5.91 Å². The Hall–Kier alpha value is -1.92. The van der Waals surface area contributed by atoms with Gasteiger partial charge in [0.05, 0.1) is 12.5 Å². The van der Waals surface area contributed by atoms with Crippen molar-refractivity contribution >= 4 is 11.9 Å². The molecule has 6 heteroatoms. The summed E-state index contributed by atoms with van der Waals surface area (Å²) in [4.78, 5) is 22.7. The van der Waals surface area contributed by atoms with Crippen LogP contribution in [0.25, 0.3) is 0 Å². The van der Waals surface area contributed by atoms with Gasteiger partial charge in [-0.2, -0.15) is 0 Å². The van der Waals surface area contributed by atoms with Crippen LogP contribution in [0.15, 0.2) is 30.3 Å². The Labute approximate surface area is 117 Å². The van der Waals surface area contributed by atoms with E-state index in [-0.39, 0.29) is 6.54 Å². The molecule has 0 spiro atoms. The van der Waals surface area contributed by atoms with Crippen molar-refractivity contribution in [3.05, 3.63) is 35.9 Å². The largest absolute Gasteiger partial charge is 0.479 e. The fraction of sp³-hybridized carbons (Fsp3) is 0.429. The zero-order valence-corrected chi connectivity index (χ0v) is 11.5. The first-order valence-corrected chi connectivity index (χ1v) is 6.29. The normalized spacial score (nSPS) is 16.8. The number of carbonyl (C=O) groups is 2. The number of aliphatic carboxylic acids is 1. The van der Waals surface area contributed by atoms with Gasteiger partial charge in [0.15, 0.2) is 5.60 Å². The van der Waals surface area contributed by atoms with Gasteiger partial charge in [-0.1, -0.05) is 37.3 Å². The lowest BCUT2D eigenvalue weighted by atomic mass is 9.94. The molecule has 0 saturated heterocycles. The smallest absolute Gasteiger partial charge is 0.337 e. The molecule has 1 rings (SSSR count). The van der Waals surface area contributed by atoms with Gasteiger partial charge in [0.1, 0.15) is 0 Å². The Kier molecular flexibility index (Phi) is 5.24. The van der Waals surface area contributed by atoms with E-state index in [1.54, 1.807) is 6.92 Å². The molecule has 0 aromatic heterocycles. The van der Waals surface area contributed by atoms with Gasteiger partial charge < -0.3 is 21.3 Å². The van der Waals surface area contributed by atoms with E-state index in [0.717, 1.165) is 12.5 Å². The van der Waals surface area contributed by atoms with Crippen LogP contribution in [-0.4, -0.2) is 34.2 Å². The van der Waals surface area contributed by atoms with Crippen molar-refractivity contribution in [2.24, 2.45) is 11.7 Å². The first kappa shape index (κ1) is 16.1. The first-order valence-electron chi connectivity index (χ1n) is 6.29. The van der Waals surface area contributed by atoms with Gasteiger partial charge in [-0.3, -0.25) is 4.79 Å². The number of amides is 1. The summed E-state index contributed by atoms with van der Waals surface area (Å²) < 4.78 is 0. The Morgan fingerprint density at radius 2 is 1.90 bits per heavy atom. The molecule has 1 aromatic carbocycles. The Bertz CT molecular complexity index is 473. The monoisotopic (exact) mass is 280 g/mol. The van der Waals surface area contributed by atoms with Crippen LogP contribution in [0.2, 0.25) is 0 Å². The van der Waals surface area contributed by atoms with Crippen LogP contribution in [0.4, 0.5) is 0 Å². The molecule has 0 radical (unpaired) electrons. The van der Waals surface area contributed by atoms with Crippen LogP contribution in [-0.2, 0) is 9.59 Å². The Balaban J connectivity index is 2.62. The molecule has 0 aliphatic rings. The van der Waals surface area contributed by atoms with E-state index >= 15 is 0 Å². The van der Waals surface area contributed by atoms with Crippen molar-refractivity contribution in [3.8, 4) is 0 Å².